The Morgan fingerprint density at radius 3 is 2.73 bits per heavy atom. The summed E-state index contributed by atoms with van der Waals surface area (Å²) in [7, 11) is 0. The Bertz CT molecular complexity index is 298. The molecule has 0 spiro atoms. The van der Waals surface area contributed by atoms with Gasteiger partial charge >= 0.3 is 0 Å². The number of aromatic nitrogens is 1. The Kier molecular flexibility index (Phi) is 2.10. The van der Waals surface area contributed by atoms with Gasteiger partial charge in [-0.25, -0.2) is 4.98 Å². The molecule has 1 rings (SSSR count). The van der Waals surface area contributed by atoms with Crippen molar-refractivity contribution in [2.24, 2.45) is 5.73 Å². The molecule has 0 bridgehead atoms. The highest BCUT2D eigenvalue weighted by Gasteiger charge is 2.04. The molecule has 0 aliphatic carbocycles. The van der Waals surface area contributed by atoms with E-state index < -0.39 is 5.91 Å². The maximum Gasteiger partial charge on any atom is 0.250 e. The maximum absolute atomic E-state index is 10.7. The quantitative estimate of drug-likeness (QED) is 0.643. The Morgan fingerprint density at radius 1 is 1.64 bits per heavy atom. The molecule has 1 heterocycles. The molecule has 0 saturated heterocycles. The van der Waals surface area contributed by atoms with Gasteiger partial charge in [0.05, 0.1) is 11.3 Å². The molecule has 1 amide bonds. The third kappa shape index (κ3) is 1.68. The molecule has 0 saturated carbocycles. The second kappa shape index (κ2) is 2.88. The van der Waals surface area contributed by atoms with Gasteiger partial charge in [0.2, 0.25) is 0 Å². The van der Waals surface area contributed by atoms with Crippen molar-refractivity contribution in [3.8, 4) is 0 Å². The first kappa shape index (κ1) is 8.01. The van der Waals surface area contributed by atoms with Crippen LogP contribution >= 0.6 is 11.6 Å². The van der Waals surface area contributed by atoms with Gasteiger partial charge in [0.25, 0.3) is 5.91 Å². The molecule has 11 heavy (non-hydrogen) atoms. The Balaban J connectivity index is 3.20. The first-order valence-corrected chi connectivity index (χ1v) is 3.42. The fourth-order valence-electron chi connectivity index (χ4n) is 0.791. The molecule has 0 atom stereocenters. The summed E-state index contributed by atoms with van der Waals surface area (Å²) >= 11 is 5.56. The van der Waals surface area contributed by atoms with Crippen LogP contribution in [0.1, 0.15) is 16.1 Å². The predicted molar refractivity (Wildman–Crippen MR) is 42.5 cm³/mol. The van der Waals surface area contributed by atoms with E-state index in [9.17, 15) is 4.79 Å². The smallest absolute Gasteiger partial charge is 0.250 e. The number of halogens is 1. The highest BCUT2D eigenvalue weighted by molar-refractivity contribution is 6.29. The maximum atomic E-state index is 10.7. The molecule has 58 valence electrons. The standard InChI is InChI=1S/C7H7ClN2O/c1-4-5(7(9)11)2-3-6(8)10-4/h2-3H,1H3,(H2,9,11). The van der Waals surface area contributed by atoms with Crippen LogP contribution < -0.4 is 5.73 Å². The summed E-state index contributed by atoms with van der Waals surface area (Å²) in [5.41, 5.74) is 6.01. The number of nitrogens with two attached hydrogens (primary N) is 1. The number of nitrogens with zero attached hydrogens (tertiary/aromatic N) is 1. The minimum atomic E-state index is -0.480. The van der Waals surface area contributed by atoms with E-state index in [4.69, 9.17) is 17.3 Å². The van der Waals surface area contributed by atoms with E-state index in [2.05, 4.69) is 4.98 Å². The molecule has 0 radical (unpaired) electrons. The summed E-state index contributed by atoms with van der Waals surface area (Å²) in [5, 5.41) is 0.368. The number of aryl methyl sites for hydroxylation is 1. The zero-order valence-corrected chi connectivity index (χ0v) is 6.72. The van der Waals surface area contributed by atoms with Crippen LogP contribution in [0.3, 0.4) is 0 Å². The van der Waals surface area contributed by atoms with Gasteiger partial charge in [0.15, 0.2) is 0 Å². The number of rotatable bonds is 1. The molecule has 1 aromatic rings. The molecule has 1 aromatic heterocycles. The number of carbonyl (C=O) groups is 1. The Labute approximate surface area is 69.2 Å². The van der Waals surface area contributed by atoms with E-state index in [0.29, 0.717) is 16.4 Å². The van der Waals surface area contributed by atoms with Crippen molar-refractivity contribution in [2.45, 2.75) is 6.92 Å². The number of hydrogen-bond acceptors (Lipinski definition) is 2. The summed E-state index contributed by atoms with van der Waals surface area (Å²) in [6, 6.07) is 3.10. The van der Waals surface area contributed by atoms with Crippen molar-refractivity contribution in [1.82, 2.24) is 4.98 Å². The lowest BCUT2D eigenvalue weighted by Gasteiger charge is -1.98. The van der Waals surface area contributed by atoms with Crippen LogP contribution in [0.15, 0.2) is 12.1 Å². The first-order chi connectivity index (χ1) is 5.11. The normalized spacial score (nSPS) is 9.64. The predicted octanol–water partition coefficient (Wildman–Crippen LogP) is 1.14. The monoisotopic (exact) mass is 170 g/mol. The summed E-state index contributed by atoms with van der Waals surface area (Å²) < 4.78 is 0. The van der Waals surface area contributed by atoms with Crippen LogP contribution in [0.5, 0.6) is 0 Å². The fourth-order valence-corrected chi connectivity index (χ4v) is 0.981. The fraction of sp³-hybridized carbons (Fsp3) is 0.143. The van der Waals surface area contributed by atoms with Gasteiger partial charge in [-0.1, -0.05) is 11.6 Å². The summed E-state index contributed by atoms with van der Waals surface area (Å²) in [5.74, 6) is -0.480. The van der Waals surface area contributed by atoms with Crippen molar-refractivity contribution in [2.75, 3.05) is 0 Å². The van der Waals surface area contributed by atoms with Gasteiger partial charge in [-0.05, 0) is 19.1 Å². The minimum Gasteiger partial charge on any atom is -0.366 e. The molecule has 0 aliphatic rings. The number of hydrogen-bond donors (Lipinski definition) is 1. The van der Waals surface area contributed by atoms with Crippen molar-refractivity contribution < 1.29 is 4.79 Å². The first-order valence-electron chi connectivity index (χ1n) is 3.04. The van der Waals surface area contributed by atoms with Gasteiger partial charge < -0.3 is 5.73 Å². The van der Waals surface area contributed by atoms with Crippen molar-refractivity contribution >= 4 is 17.5 Å². The molecule has 3 nitrogen and oxygen atoms in total. The number of amides is 1. The topological polar surface area (TPSA) is 56.0 Å². The van der Waals surface area contributed by atoms with E-state index in [0.717, 1.165) is 0 Å². The average Bonchev–Trinajstić information content (AvgIpc) is 1.85. The van der Waals surface area contributed by atoms with Crippen molar-refractivity contribution in [3.05, 3.63) is 28.5 Å². The van der Waals surface area contributed by atoms with Gasteiger partial charge in [0, 0.05) is 0 Å². The third-order valence-electron chi connectivity index (χ3n) is 1.32. The highest BCUT2D eigenvalue weighted by Crippen LogP contribution is 2.09. The highest BCUT2D eigenvalue weighted by atomic mass is 35.5. The van der Waals surface area contributed by atoms with Crippen LogP contribution in [0, 0.1) is 6.92 Å². The van der Waals surface area contributed by atoms with Gasteiger partial charge in [0.1, 0.15) is 5.15 Å². The number of pyridine rings is 1. The number of carbonyl (C=O) groups excluding carboxylic acids is 1. The van der Waals surface area contributed by atoms with Crippen molar-refractivity contribution in [1.29, 1.82) is 0 Å². The van der Waals surface area contributed by atoms with E-state index in [-0.39, 0.29) is 0 Å². The number of primary amides is 1. The summed E-state index contributed by atoms with van der Waals surface area (Å²) in [6.45, 7) is 1.69. The van der Waals surface area contributed by atoms with E-state index in [1.807, 2.05) is 0 Å². The van der Waals surface area contributed by atoms with Gasteiger partial charge in [-0.15, -0.1) is 0 Å². The zero-order chi connectivity index (χ0) is 8.43. The zero-order valence-electron chi connectivity index (χ0n) is 5.97. The van der Waals surface area contributed by atoms with Crippen LogP contribution in [-0.4, -0.2) is 10.9 Å². The van der Waals surface area contributed by atoms with Gasteiger partial charge in [-0.3, -0.25) is 4.79 Å². The molecule has 0 fully saturated rings. The molecule has 0 aliphatic heterocycles. The lowest BCUT2D eigenvalue weighted by Crippen LogP contribution is -2.13. The Hall–Kier alpha value is -1.09. The molecule has 0 unspecified atom stereocenters. The van der Waals surface area contributed by atoms with E-state index in [1.165, 1.54) is 6.07 Å². The minimum absolute atomic E-state index is 0.368. The van der Waals surface area contributed by atoms with Gasteiger partial charge in [-0.2, -0.15) is 0 Å². The third-order valence-corrected chi connectivity index (χ3v) is 1.53. The molecular formula is C7H7ClN2O. The van der Waals surface area contributed by atoms with Crippen LogP contribution in [0.2, 0.25) is 5.15 Å². The second-order valence-corrected chi connectivity index (χ2v) is 2.52. The average molecular weight is 171 g/mol. The van der Waals surface area contributed by atoms with E-state index >= 15 is 0 Å². The summed E-state index contributed by atoms with van der Waals surface area (Å²) in [6.07, 6.45) is 0. The van der Waals surface area contributed by atoms with E-state index in [1.54, 1.807) is 13.0 Å². The van der Waals surface area contributed by atoms with Crippen LogP contribution in [0.25, 0.3) is 0 Å². The SMILES string of the molecule is Cc1nc(Cl)ccc1C(N)=O. The Morgan fingerprint density at radius 2 is 2.27 bits per heavy atom. The second-order valence-electron chi connectivity index (χ2n) is 2.13. The summed E-state index contributed by atoms with van der Waals surface area (Å²) in [4.78, 5) is 14.5. The molecule has 4 heteroatoms. The molecule has 0 aromatic carbocycles. The van der Waals surface area contributed by atoms with Crippen molar-refractivity contribution in [3.63, 3.8) is 0 Å². The molecular weight excluding hydrogens is 164 g/mol. The largest absolute Gasteiger partial charge is 0.366 e. The lowest BCUT2D eigenvalue weighted by molar-refractivity contribution is 0.0999. The molecule has 2 N–H and O–H groups in total. The van der Waals surface area contributed by atoms with Crippen LogP contribution in [-0.2, 0) is 0 Å². The lowest BCUT2D eigenvalue weighted by atomic mass is 10.2. The van der Waals surface area contributed by atoms with Crippen LogP contribution in [0.4, 0.5) is 0 Å².